The topological polar surface area (TPSA) is 4.93 Å². The first-order valence-corrected chi connectivity index (χ1v) is 6.12. The van der Waals surface area contributed by atoms with Crippen molar-refractivity contribution in [3.05, 3.63) is 34.4 Å². The van der Waals surface area contributed by atoms with Crippen LogP contribution in [0.2, 0.25) is 0 Å². The van der Waals surface area contributed by atoms with Gasteiger partial charge in [0.1, 0.15) is 0 Å². The van der Waals surface area contributed by atoms with E-state index in [1.54, 1.807) is 0 Å². The average Bonchev–Trinajstić information content (AvgIpc) is 2.46. The molecule has 2 heteroatoms. The van der Waals surface area contributed by atoms with Gasteiger partial charge >= 0.3 is 0 Å². The maximum Gasteiger partial charge on any atom is 0.0510 e. The second-order valence-electron chi connectivity index (χ2n) is 4.52. The molecule has 0 aliphatic carbocycles. The zero-order chi connectivity index (χ0) is 11.0. The number of nitrogens with zero attached hydrogens (tertiary/aromatic N) is 1. The Bertz CT molecular complexity index is 482. The van der Waals surface area contributed by atoms with E-state index in [1.807, 2.05) is 0 Å². The van der Waals surface area contributed by atoms with Crippen molar-refractivity contribution in [2.45, 2.75) is 27.3 Å². The lowest BCUT2D eigenvalue weighted by atomic mass is 10.1. The Hall–Kier alpha value is -0.760. The summed E-state index contributed by atoms with van der Waals surface area (Å²) in [6.07, 6.45) is 2.18. The minimum absolute atomic E-state index is 0.684. The number of fused-ring (bicyclic) bond motifs is 1. The lowest BCUT2D eigenvalue weighted by Crippen LogP contribution is -2.03. The van der Waals surface area contributed by atoms with E-state index in [2.05, 4.69) is 65.7 Å². The highest BCUT2D eigenvalue weighted by Crippen LogP contribution is 2.25. The van der Waals surface area contributed by atoms with Crippen molar-refractivity contribution in [3.8, 4) is 0 Å². The minimum Gasteiger partial charge on any atom is -0.347 e. The predicted octanol–water partition coefficient (Wildman–Crippen LogP) is 4.37. The van der Waals surface area contributed by atoms with Crippen LogP contribution in [0.25, 0.3) is 10.9 Å². The molecule has 0 saturated carbocycles. The van der Waals surface area contributed by atoms with E-state index in [0.29, 0.717) is 5.92 Å². The van der Waals surface area contributed by atoms with Crippen molar-refractivity contribution < 1.29 is 0 Å². The molecule has 0 fully saturated rings. The third-order valence-electron chi connectivity index (χ3n) is 2.58. The largest absolute Gasteiger partial charge is 0.347 e. The van der Waals surface area contributed by atoms with Gasteiger partial charge in [0.2, 0.25) is 0 Å². The van der Waals surface area contributed by atoms with Crippen LogP contribution < -0.4 is 0 Å². The maximum absolute atomic E-state index is 3.53. The normalized spacial score (nSPS) is 11.5. The van der Waals surface area contributed by atoms with Crippen LogP contribution in [0.15, 0.2) is 28.9 Å². The van der Waals surface area contributed by atoms with Gasteiger partial charge in [0.15, 0.2) is 0 Å². The molecule has 1 nitrogen and oxygen atoms in total. The second-order valence-corrected chi connectivity index (χ2v) is 5.44. The standard InChI is InChI=1S/C13H16BrN/c1-9(2)8-15-5-4-11-7-12(14)6-10(3)13(11)15/h4-7,9H,8H2,1-3H3. The van der Waals surface area contributed by atoms with Gasteiger partial charge in [0.25, 0.3) is 0 Å². The monoisotopic (exact) mass is 265 g/mol. The Morgan fingerprint density at radius 3 is 2.73 bits per heavy atom. The molecule has 1 aromatic carbocycles. The Morgan fingerprint density at radius 1 is 1.33 bits per heavy atom. The summed E-state index contributed by atoms with van der Waals surface area (Å²) < 4.78 is 3.51. The number of hydrogen-bond donors (Lipinski definition) is 0. The number of halogens is 1. The van der Waals surface area contributed by atoms with Gasteiger partial charge in [0.05, 0.1) is 5.52 Å². The van der Waals surface area contributed by atoms with Crippen LogP contribution in [0, 0.1) is 12.8 Å². The van der Waals surface area contributed by atoms with Crippen LogP contribution in [0.4, 0.5) is 0 Å². The van der Waals surface area contributed by atoms with Crippen LogP contribution in [-0.4, -0.2) is 4.57 Å². The van der Waals surface area contributed by atoms with Crippen molar-refractivity contribution in [1.29, 1.82) is 0 Å². The number of aryl methyl sites for hydroxylation is 1. The second kappa shape index (κ2) is 4.01. The molecule has 15 heavy (non-hydrogen) atoms. The van der Waals surface area contributed by atoms with Crippen molar-refractivity contribution in [2.75, 3.05) is 0 Å². The summed E-state index contributed by atoms with van der Waals surface area (Å²) in [5.41, 5.74) is 2.71. The smallest absolute Gasteiger partial charge is 0.0510 e. The van der Waals surface area contributed by atoms with E-state index in [4.69, 9.17) is 0 Å². The van der Waals surface area contributed by atoms with Gasteiger partial charge in [-0.3, -0.25) is 0 Å². The summed E-state index contributed by atoms with van der Waals surface area (Å²) in [7, 11) is 0. The maximum atomic E-state index is 3.53. The number of rotatable bonds is 2. The lowest BCUT2D eigenvalue weighted by Gasteiger charge is -2.10. The van der Waals surface area contributed by atoms with Crippen LogP contribution in [0.3, 0.4) is 0 Å². The minimum atomic E-state index is 0.684. The summed E-state index contributed by atoms with van der Waals surface area (Å²) in [6.45, 7) is 7.76. The quantitative estimate of drug-likeness (QED) is 0.760. The third kappa shape index (κ3) is 2.10. The first-order chi connectivity index (χ1) is 7.08. The van der Waals surface area contributed by atoms with Gasteiger partial charge in [-0.1, -0.05) is 29.8 Å². The highest BCUT2D eigenvalue weighted by atomic mass is 79.9. The van der Waals surface area contributed by atoms with Crippen molar-refractivity contribution >= 4 is 26.8 Å². The molecule has 0 N–H and O–H groups in total. The van der Waals surface area contributed by atoms with E-state index in [9.17, 15) is 0 Å². The first kappa shape index (κ1) is 10.7. The zero-order valence-electron chi connectivity index (χ0n) is 9.42. The number of benzene rings is 1. The molecule has 0 aliphatic rings. The molecule has 2 rings (SSSR count). The Kier molecular flexibility index (Phi) is 2.87. The Labute approximate surface area is 99.2 Å². The van der Waals surface area contributed by atoms with E-state index in [0.717, 1.165) is 11.0 Å². The fraction of sp³-hybridized carbons (Fsp3) is 0.385. The fourth-order valence-corrected chi connectivity index (χ4v) is 2.66. The molecule has 0 bridgehead atoms. The molecule has 1 heterocycles. The molecule has 0 amide bonds. The summed E-state index contributed by atoms with van der Waals surface area (Å²) in [5.74, 6) is 0.684. The van der Waals surface area contributed by atoms with E-state index in [-0.39, 0.29) is 0 Å². The van der Waals surface area contributed by atoms with E-state index in [1.165, 1.54) is 16.5 Å². The molecule has 2 aromatic rings. The van der Waals surface area contributed by atoms with Crippen LogP contribution in [-0.2, 0) is 6.54 Å². The molecule has 0 unspecified atom stereocenters. The SMILES string of the molecule is Cc1cc(Br)cc2ccn(CC(C)C)c12. The number of hydrogen-bond acceptors (Lipinski definition) is 0. The zero-order valence-corrected chi connectivity index (χ0v) is 11.0. The molecule has 0 aliphatic heterocycles. The summed E-state index contributed by atoms with van der Waals surface area (Å²) in [5, 5.41) is 1.32. The Morgan fingerprint density at radius 2 is 2.07 bits per heavy atom. The van der Waals surface area contributed by atoms with E-state index >= 15 is 0 Å². The highest BCUT2D eigenvalue weighted by molar-refractivity contribution is 9.10. The highest BCUT2D eigenvalue weighted by Gasteiger charge is 2.06. The summed E-state index contributed by atoms with van der Waals surface area (Å²) >= 11 is 3.53. The van der Waals surface area contributed by atoms with Gasteiger partial charge in [0, 0.05) is 22.6 Å². The summed E-state index contributed by atoms with van der Waals surface area (Å²) in [6, 6.07) is 6.55. The van der Waals surface area contributed by atoms with Gasteiger partial charge in [-0.25, -0.2) is 0 Å². The average molecular weight is 266 g/mol. The van der Waals surface area contributed by atoms with Gasteiger partial charge in [-0.15, -0.1) is 0 Å². The Balaban J connectivity index is 2.58. The first-order valence-electron chi connectivity index (χ1n) is 5.33. The van der Waals surface area contributed by atoms with Crippen molar-refractivity contribution in [1.82, 2.24) is 4.57 Å². The number of aromatic nitrogens is 1. The van der Waals surface area contributed by atoms with Crippen molar-refractivity contribution in [3.63, 3.8) is 0 Å². The van der Waals surface area contributed by atoms with Crippen LogP contribution >= 0.6 is 15.9 Å². The molecular formula is C13H16BrN. The molecule has 0 radical (unpaired) electrons. The van der Waals surface area contributed by atoms with Crippen molar-refractivity contribution in [2.24, 2.45) is 5.92 Å². The predicted molar refractivity (Wildman–Crippen MR) is 69.2 cm³/mol. The molecule has 0 spiro atoms. The molecule has 1 aromatic heterocycles. The molecule has 0 saturated heterocycles. The van der Waals surface area contributed by atoms with Gasteiger partial charge in [-0.2, -0.15) is 0 Å². The lowest BCUT2D eigenvalue weighted by molar-refractivity contribution is 0.535. The van der Waals surface area contributed by atoms with Crippen LogP contribution in [0.5, 0.6) is 0 Å². The molecule has 80 valence electrons. The van der Waals surface area contributed by atoms with Gasteiger partial charge in [-0.05, 0) is 36.6 Å². The summed E-state index contributed by atoms with van der Waals surface area (Å²) in [4.78, 5) is 0. The van der Waals surface area contributed by atoms with E-state index < -0.39 is 0 Å². The van der Waals surface area contributed by atoms with Gasteiger partial charge < -0.3 is 4.57 Å². The molecule has 0 atom stereocenters. The van der Waals surface area contributed by atoms with Crippen LogP contribution in [0.1, 0.15) is 19.4 Å². The molecular weight excluding hydrogens is 250 g/mol. The third-order valence-corrected chi connectivity index (χ3v) is 3.04. The fourth-order valence-electron chi connectivity index (χ4n) is 2.07.